The number of nitrogens with zero attached hydrogens (tertiary/aromatic N) is 3. The molecule has 2 aromatic carbocycles. The number of benzene rings is 2. The summed E-state index contributed by atoms with van der Waals surface area (Å²) >= 11 is 7.23. The highest BCUT2D eigenvalue weighted by molar-refractivity contribution is 7.99. The molecule has 0 saturated heterocycles. The molecule has 3 rings (SSSR count). The third-order valence-corrected chi connectivity index (χ3v) is 5.50. The molecule has 156 valence electrons. The molecule has 1 heterocycles. The van der Waals surface area contributed by atoms with Gasteiger partial charge in [0.1, 0.15) is 5.82 Å². The fraction of sp³-hybridized carbons (Fsp3) is 0.238. The highest BCUT2D eigenvalue weighted by atomic mass is 35.5. The highest BCUT2D eigenvalue weighted by Crippen LogP contribution is 2.18. The molecule has 0 radical (unpaired) electrons. The Morgan fingerprint density at radius 3 is 2.47 bits per heavy atom. The number of aryl methyl sites for hydroxylation is 2. The van der Waals surface area contributed by atoms with Crippen LogP contribution in [0, 0.1) is 6.92 Å². The molecule has 0 aliphatic rings. The first-order chi connectivity index (χ1) is 14.4. The minimum atomic E-state index is -0.132. The summed E-state index contributed by atoms with van der Waals surface area (Å²) in [5.74, 6) is 0.649. The van der Waals surface area contributed by atoms with Crippen molar-refractivity contribution in [2.75, 3.05) is 16.4 Å². The van der Waals surface area contributed by atoms with Gasteiger partial charge in [-0.1, -0.05) is 41.6 Å². The van der Waals surface area contributed by atoms with Gasteiger partial charge in [-0.15, -0.1) is 10.2 Å². The summed E-state index contributed by atoms with van der Waals surface area (Å²) in [6.45, 7) is 1.97. The maximum absolute atomic E-state index is 12.2. The van der Waals surface area contributed by atoms with Crippen molar-refractivity contribution in [3.05, 3.63) is 64.9 Å². The Morgan fingerprint density at radius 1 is 1.03 bits per heavy atom. The highest BCUT2D eigenvalue weighted by Gasteiger charge is 2.13. The van der Waals surface area contributed by atoms with Gasteiger partial charge in [0.2, 0.25) is 11.8 Å². The average molecular weight is 444 g/mol. The van der Waals surface area contributed by atoms with Gasteiger partial charge < -0.3 is 15.2 Å². The van der Waals surface area contributed by atoms with E-state index in [-0.39, 0.29) is 24.0 Å². The molecule has 0 atom stereocenters. The summed E-state index contributed by atoms with van der Waals surface area (Å²) in [6, 6.07) is 14.6. The molecule has 0 bridgehead atoms. The van der Waals surface area contributed by atoms with Crippen LogP contribution in [0.25, 0.3) is 0 Å². The summed E-state index contributed by atoms with van der Waals surface area (Å²) < 4.78 is 1.80. The topological polar surface area (TPSA) is 88.9 Å². The van der Waals surface area contributed by atoms with Gasteiger partial charge in [-0.05, 0) is 42.8 Å². The Morgan fingerprint density at radius 2 is 1.73 bits per heavy atom. The predicted molar refractivity (Wildman–Crippen MR) is 120 cm³/mol. The van der Waals surface area contributed by atoms with Crippen molar-refractivity contribution < 1.29 is 9.59 Å². The lowest BCUT2D eigenvalue weighted by atomic mass is 10.2. The van der Waals surface area contributed by atoms with E-state index in [1.165, 1.54) is 11.8 Å². The van der Waals surface area contributed by atoms with Crippen molar-refractivity contribution in [3.63, 3.8) is 0 Å². The van der Waals surface area contributed by atoms with E-state index in [1.54, 1.807) is 28.8 Å². The van der Waals surface area contributed by atoms with E-state index in [1.807, 2.05) is 38.2 Å². The molecule has 9 heteroatoms. The smallest absolute Gasteiger partial charge is 0.234 e. The molecule has 2 amide bonds. The number of anilines is 2. The average Bonchev–Trinajstić information content (AvgIpc) is 3.04. The molecule has 2 N–H and O–H groups in total. The summed E-state index contributed by atoms with van der Waals surface area (Å²) in [5.41, 5.74) is 2.50. The maximum Gasteiger partial charge on any atom is 0.234 e. The normalized spacial score (nSPS) is 10.6. The molecular formula is C21H22ClN5O2S. The fourth-order valence-electron chi connectivity index (χ4n) is 2.75. The minimum Gasteiger partial charge on any atom is -0.326 e. The number of hydrogen-bond acceptors (Lipinski definition) is 5. The molecule has 0 aliphatic heterocycles. The van der Waals surface area contributed by atoms with Crippen LogP contribution in [0.1, 0.15) is 17.8 Å². The van der Waals surface area contributed by atoms with Crippen molar-refractivity contribution in [3.8, 4) is 0 Å². The Balaban J connectivity index is 1.48. The van der Waals surface area contributed by atoms with Crippen molar-refractivity contribution in [1.82, 2.24) is 14.8 Å². The van der Waals surface area contributed by atoms with Crippen LogP contribution >= 0.6 is 23.4 Å². The Labute approximate surface area is 184 Å². The van der Waals surface area contributed by atoms with Crippen molar-refractivity contribution in [2.24, 2.45) is 7.05 Å². The molecule has 0 aliphatic carbocycles. The van der Waals surface area contributed by atoms with Crippen LogP contribution in [0.3, 0.4) is 0 Å². The Bertz CT molecular complexity index is 972. The quantitative estimate of drug-likeness (QED) is 0.512. The molecule has 0 fully saturated rings. The van der Waals surface area contributed by atoms with E-state index in [4.69, 9.17) is 11.6 Å². The number of hydrogen-bond donors (Lipinski definition) is 2. The number of amides is 2. The summed E-state index contributed by atoms with van der Waals surface area (Å²) in [4.78, 5) is 24.3. The number of thioether (sulfide) groups is 1. The lowest BCUT2D eigenvalue weighted by Gasteiger charge is -2.07. The summed E-state index contributed by atoms with van der Waals surface area (Å²) in [5, 5.41) is 15.1. The maximum atomic E-state index is 12.2. The third kappa shape index (κ3) is 6.33. The molecule has 30 heavy (non-hydrogen) atoms. The lowest BCUT2D eigenvalue weighted by Crippen LogP contribution is -2.15. The van der Waals surface area contributed by atoms with Gasteiger partial charge in [0, 0.05) is 36.3 Å². The number of aromatic nitrogens is 3. The van der Waals surface area contributed by atoms with Crippen LogP contribution < -0.4 is 10.6 Å². The molecule has 0 saturated carbocycles. The van der Waals surface area contributed by atoms with Gasteiger partial charge in [-0.2, -0.15) is 0 Å². The van der Waals surface area contributed by atoms with Crippen molar-refractivity contribution in [2.45, 2.75) is 24.9 Å². The minimum absolute atomic E-state index is 0.115. The number of nitrogens with one attached hydrogen (secondary N) is 2. The second-order valence-corrected chi connectivity index (χ2v) is 8.10. The lowest BCUT2D eigenvalue weighted by molar-refractivity contribution is -0.116. The first-order valence-corrected chi connectivity index (χ1v) is 10.7. The van der Waals surface area contributed by atoms with Crippen LogP contribution in [0.2, 0.25) is 5.02 Å². The van der Waals surface area contributed by atoms with Gasteiger partial charge in [0.25, 0.3) is 0 Å². The molecule has 1 aromatic heterocycles. The second-order valence-electron chi connectivity index (χ2n) is 6.72. The third-order valence-electron chi connectivity index (χ3n) is 4.24. The second kappa shape index (κ2) is 10.3. The molecular weight excluding hydrogens is 422 g/mol. The number of rotatable bonds is 8. The number of carbonyl (C=O) groups excluding carboxylic acids is 2. The zero-order valence-corrected chi connectivity index (χ0v) is 18.3. The van der Waals surface area contributed by atoms with E-state index >= 15 is 0 Å². The van der Waals surface area contributed by atoms with Crippen molar-refractivity contribution >= 4 is 46.6 Å². The Hall–Kier alpha value is -2.84. The van der Waals surface area contributed by atoms with E-state index in [2.05, 4.69) is 20.8 Å². The first kappa shape index (κ1) is 21.9. The van der Waals surface area contributed by atoms with E-state index < -0.39 is 0 Å². The zero-order chi connectivity index (χ0) is 21.5. The van der Waals surface area contributed by atoms with Gasteiger partial charge in [-0.25, -0.2) is 0 Å². The SMILES string of the molecule is Cc1cccc(NC(=O)CSc2nnc(CCC(=O)Nc3cccc(Cl)c3)n2C)c1. The van der Waals surface area contributed by atoms with Crippen LogP contribution in [-0.4, -0.2) is 32.3 Å². The monoisotopic (exact) mass is 443 g/mol. The van der Waals surface area contributed by atoms with Crippen LogP contribution in [-0.2, 0) is 23.1 Å². The van der Waals surface area contributed by atoms with Crippen LogP contribution in [0.5, 0.6) is 0 Å². The number of carbonyl (C=O) groups is 2. The molecule has 7 nitrogen and oxygen atoms in total. The van der Waals surface area contributed by atoms with Crippen molar-refractivity contribution in [1.29, 1.82) is 0 Å². The van der Waals surface area contributed by atoms with E-state index in [0.29, 0.717) is 28.1 Å². The largest absolute Gasteiger partial charge is 0.326 e. The van der Waals surface area contributed by atoms with Crippen LogP contribution in [0.15, 0.2) is 53.7 Å². The fourth-order valence-corrected chi connectivity index (χ4v) is 3.67. The standard InChI is InChI=1S/C21H22ClN5O2S/c1-14-5-3-7-16(11-14)24-20(29)13-30-21-26-25-18(27(21)2)9-10-19(28)23-17-8-4-6-15(22)12-17/h3-8,11-12H,9-10,13H2,1-2H3,(H,23,28)(H,24,29). The van der Waals surface area contributed by atoms with Gasteiger partial charge in [-0.3, -0.25) is 9.59 Å². The van der Waals surface area contributed by atoms with E-state index in [9.17, 15) is 9.59 Å². The predicted octanol–water partition coefficient (Wildman–Crippen LogP) is 4.08. The summed E-state index contributed by atoms with van der Waals surface area (Å²) in [7, 11) is 1.82. The van der Waals surface area contributed by atoms with E-state index in [0.717, 1.165) is 11.3 Å². The zero-order valence-electron chi connectivity index (χ0n) is 16.7. The molecule has 0 spiro atoms. The molecule has 0 unspecified atom stereocenters. The van der Waals surface area contributed by atoms with Gasteiger partial charge in [0.05, 0.1) is 5.75 Å². The van der Waals surface area contributed by atoms with Gasteiger partial charge >= 0.3 is 0 Å². The Kier molecular flexibility index (Phi) is 7.48. The van der Waals surface area contributed by atoms with Gasteiger partial charge in [0.15, 0.2) is 5.16 Å². The first-order valence-electron chi connectivity index (χ1n) is 9.34. The summed E-state index contributed by atoms with van der Waals surface area (Å²) in [6.07, 6.45) is 0.697. The molecule has 3 aromatic rings. The van der Waals surface area contributed by atoms with Crippen LogP contribution in [0.4, 0.5) is 11.4 Å². The number of halogens is 1.